The van der Waals surface area contributed by atoms with Gasteiger partial charge in [0.1, 0.15) is 0 Å². The maximum absolute atomic E-state index is 11.6. The van der Waals surface area contributed by atoms with Gasteiger partial charge in [0.15, 0.2) is 5.96 Å². The van der Waals surface area contributed by atoms with Crippen LogP contribution >= 0.6 is 0 Å². The van der Waals surface area contributed by atoms with E-state index in [2.05, 4.69) is 55.2 Å². The van der Waals surface area contributed by atoms with Gasteiger partial charge in [0.2, 0.25) is 10.0 Å². The van der Waals surface area contributed by atoms with Gasteiger partial charge in [-0.1, -0.05) is 30.3 Å². The van der Waals surface area contributed by atoms with Gasteiger partial charge in [-0.05, 0) is 44.2 Å². The summed E-state index contributed by atoms with van der Waals surface area (Å²) >= 11 is 0. The van der Waals surface area contributed by atoms with Crippen LogP contribution in [-0.4, -0.2) is 75.7 Å². The molecule has 1 aromatic carbocycles. The summed E-state index contributed by atoms with van der Waals surface area (Å²) in [7, 11) is -1.35. The third kappa shape index (κ3) is 6.17. The predicted octanol–water partition coefficient (Wildman–Crippen LogP) is 1.49. The lowest BCUT2D eigenvalue weighted by Gasteiger charge is -2.48. The third-order valence-corrected chi connectivity index (χ3v) is 7.44. The van der Waals surface area contributed by atoms with E-state index < -0.39 is 10.0 Å². The van der Waals surface area contributed by atoms with Gasteiger partial charge in [-0.3, -0.25) is 9.89 Å². The Hall–Kier alpha value is -1.64. The van der Waals surface area contributed by atoms with Crippen molar-refractivity contribution in [3.63, 3.8) is 0 Å². The van der Waals surface area contributed by atoms with Gasteiger partial charge in [-0.25, -0.2) is 13.1 Å². The minimum atomic E-state index is -3.15. The van der Waals surface area contributed by atoms with Crippen LogP contribution in [0.25, 0.3) is 0 Å². The monoisotopic (exact) mass is 421 g/mol. The number of hydrogen-bond donors (Lipinski definition) is 2. The molecule has 2 heterocycles. The molecule has 2 aliphatic heterocycles. The van der Waals surface area contributed by atoms with E-state index in [1.807, 2.05) is 0 Å². The Morgan fingerprint density at radius 2 is 1.97 bits per heavy atom. The molecule has 162 valence electrons. The summed E-state index contributed by atoms with van der Waals surface area (Å²) in [5.41, 5.74) is 1.39. The van der Waals surface area contributed by atoms with Crippen molar-refractivity contribution in [3.05, 3.63) is 35.9 Å². The number of guanidine groups is 1. The zero-order valence-corrected chi connectivity index (χ0v) is 18.5. The number of aliphatic imine (C=N–C) groups is 1. The Labute approximate surface area is 175 Å². The van der Waals surface area contributed by atoms with Crippen LogP contribution < -0.4 is 10.0 Å². The molecular weight excluding hydrogens is 386 g/mol. The van der Waals surface area contributed by atoms with Gasteiger partial charge in [0.05, 0.1) is 5.75 Å². The summed E-state index contributed by atoms with van der Waals surface area (Å²) in [6.45, 7) is 6.76. The Morgan fingerprint density at radius 3 is 2.69 bits per heavy atom. The molecule has 2 atom stereocenters. The summed E-state index contributed by atoms with van der Waals surface area (Å²) < 4.78 is 25.7. The standard InChI is InChI=1S/C21H35N5O2S/c1-3-29(27,28)24-13-12-23-21(22-2)26-15-11-20-19(17-26)10-7-14-25(20)16-18-8-5-4-6-9-18/h4-6,8-9,19-20,24H,3,7,10-17H2,1-2H3,(H,22,23). The normalized spacial score (nSPS) is 23.7. The minimum Gasteiger partial charge on any atom is -0.355 e. The minimum absolute atomic E-state index is 0.108. The molecule has 0 spiro atoms. The smallest absolute Gasteiger partial charge is 0.211 e. The van der Waals surface area contributed by atoms with Crippen molar-refractivity contribution in [2.45, 2.75) is 38.8 Å². The van der Waals surface area contributed by atoms with Gasteiger partial charge in [0.25, 0.3) is 0 Å². The Morgan fingerprint density at radius 1 is 1.17 bits per heavy atom. The van der Waals surface area contributed by atoms with Crippen molar-refractivity contribution in [1.82, 2.24) is 19.8 Å². The first-order valence-electron chi connectivity index (χ1n) is 10.7. The molecule has 0 amide bonds. The zero-order chi connectivity index (χ0) is 20.7. The summed E-state index contributed by atoms with van der Waals surface area (Å²) in [6, 6.07) is 11.4. The topological polar surface area (TPSA) is 77.0 Å². The van der Waals surface area contributed by atoms with Crippen LogP contribution in [-0.2, 0) is 16.6 Å². The van der Waals surface area contributed by atoms with E-state index in [1.54, 1.807) is 14.0 Å². The summed E-state index contributed by atoms with van der Waals surface area (Å²) in [5.74, 6) is 1.63. The molecule has 0 aromatic heterocycles. The highest BCUT2D eigenvalue weighted by Crippen LogP contribution is 2.31. The van der Waals surface area contributed by atoms with Crippen molar-refractivity contribution in [2.24, 2.45) is 10.9 Å². The van der Waals surface area contributed by atoms with Crippen LogP contribution in [0, 0.1) is 5.92 Å². The number of nitrogens with one attached hydrogen (secondary N) is 2. The second-order valence-corrected chi connectivity index (χ2v) is 10.0. The van der Waals surface area contributed by atoms with E-state index in [0.717, 1.165) is 32.0 Å². The molecule has 1 aromatic rings. The molecule has 29 heavy (non-hydrogen) atoms. The highest BCUT2D eigenvalue weighted by molar-refractivity contribution is 7.89. The average molecular weight is 422 g/mol. The molecule has 2 N–H and O–H groups in total. The number of piperidine rings is 2. The summed E-state index contributed by atoms with van der Waals surface area (Å²) in [5, 5.41) is 3.32. The van der Waals surface area contributed by atoms with E-state index in [-0.39, 0.29) is 5.75 Å². The van der Waals surface area contributed by atoms with Crippen molar-refractivity contribution in [1.29, 1.82) is 0 Å². The van der Waals surface area contributed by atoms with E-state index in [0.29, 0.717) is 25.0 Å². The molecule has 2 aliphatic rings. The first-order chi connectivity index (χ1) is 14.0. The molecule has 2 saturated heterocycles. The fourth-order valence-corrected chi connectivity index (χ4v) is 5.15. The maximum atomic E-state index is 11.6. The molecule has 0 saturated carbocycles. The molecule has 0 aliphatic carbocycles. The highest BCUT2D eigenvalue weighted by atomic mass is 32.2. The lowest BCUT2D eigenvalue weighted by Crippen LogP contribution is -2.57. The number of likely N-dealkylation sites (tertiary alicyclic amines) is 2. The number of rotatable bonds is 7. The lowest BCUT2D eigenvalue weighted by molar-refractivity contribution is 0.0373. The van der Waals surface area contributed by atoms with Gasteiger partial charge in [0, 0.05) is 45.8 Å². The first-order valence-corrected chi connectivity index (χ1v) is 12.4. The number of sulfonamides is 1. The molecule has 3 rings (SSSR count). The first kappa shape index (κ1) is 22.1. The van der Waals surface area contributed by atoms with Crippen molar-refractivity contribution in [3.8, 4) is 0 Å². The lowest BCUT2D eigenvalue weighted by atomic mass is 9.83. The predicted molar refractivity (Wildman–Crippen MR) is 118 cm³/mol. The zero-order valence-electron chi connectivity index (χ0n) is 17.7. The van der Waals surface area contributed by atoms with Crippen LogP contribution in [0.15, 0.2) is 35.3 Å². The van der Waals surface area contributed by atoms with E-state index in [9.17, 15) is 8.42 Å². The van der Waals surface area contributed by atoms with Crippen LogP contribution in [0.3, 0.4) is 0 Å². The quantitative estimate of drug-likeness (QED) is 0.396. The van der Waals surface area contributed by atoms with E-state index in [4.69, 9.17) is 0 Å². The molecule has 2 fully saturated rings. The summed E-state index contributed by atoms with van der Waals surface area (Å²) in [4.78, 5) is 9.43. The fraction of sp³-hybridized carbons (Fsp3) is 0.667. The largest absolute Gasteiger partial charge is 0.355 e. The van der Waals surface area contributed by atoms with Crippen LogP contribution in [0.2, 0.25) is 0 Å². The Kier molecular flexibility index (Phi) is 7.91. The molecule has 8 heteroatoms. The number of nitrogens with zero attached hydrogens (tertiary/aromatic N) is 3. The Balaban J connectivity index is 1.51. The Bertz CT molecular complexity index is 769. The second kappa shape index (κ2) is 10.4. The van der Waals surface area contributed by atoms with Gasteiger partial charge >= 0.3 is 0 Å². The maximum Gasteiger partial charge on any atom is 0.211 e. The van der Waals surface area contributed by atoms with Crippen LogP contribution in [0.5, 0.6) is 0 Å². The molecule has 0 bridgehead atoms. The molecule has 2 unspecified atom stereocenters. The molecule has 0 radical (unpaired) electrons. The number of fused-ring (bicyclic) bond motifs is 1. The van der Waals surface area contributed by atoms with Crippen LogP contribution in [0.4, 0.5) is 0 Å². The van der Waals surface area contributed by atoms with Gasteiger partial charge in [-0.2, -0.15) is 0 Å². The molecule has 7 nitrogen and oxygen atoms in total. The second-order valence-electron chi connectivity index (χ2n) is 7.93. The van der Waals surface area contributed by atoms with Crippen molar-refractivity contribution in [2.75, 3.05) is 45.5 Å². The van der Waals surface area contributed by atoms with Crippen molar-refractivity contribution < 1.29 is 8.42 Å². The van der Waals surface area contributed by atoms with Crippen molar-refractivity contribution >= 4 is 16.0 Å². The van der Waals surface area contributed by atoms with Gasteiger partial charge < -0.3 is 10.2 Å². The highest BCUT2D eigenvalue weighted by Gasteiger charge is 2.36. The molecular formula is C21H35N5O2S. The fourth-order valence-electron chi connectivity index (χ4n) is 4.53. The average Bonchev–Trinajstić information content (AvgIpc) is 2.74. The van der Waals surface area contributed by atoms with E-state index >= 15 is 0 Å². The van der Waals surface area contributed by atoms with Crippen LogP contribution in [0.1, 0.15) is 31.7 Å². The van der Waals surface area contributed by atoms with E-state index in [1.165, 1.54) is 24.9 Å². The number of hydrogen-bond acceptors (Lipinski definition) is 4. The third-order valence-electron chi connectivity index (χ3n) is 6.03. The SMILES string of the molecule is CCS(=O)(=O)NCCNC(=NC)N1CCC2C(CCCN2Cc2ccccc2)C1. The van der Waals surface area contributed by atoms with Gasteiger partial charge in [-0.15, -0.1) is 0 Å². The number of benzene rings is 1. The summed E-state index contributed by atoms with van der Waals surface area (Å²) in [6.07, 6.45) is 3.65.